The number of rotatable bonds is 6. The quantitative estimate of drug-likeness (QED) is 0.801. The Bertz CT molecular complexity index is 390. The molecular formula is C15H22BrNO. The van der Waals surface area contributed by atoms with Crippen LogP contribution < -0.4 is 5.32 Å². The molecule has 0 heterocycles. The molecule has 2 nitrogen and oxygen atoms in total. The normalized spacial score (nSPS) is 12.5. The number of halogens is 1. The summed E-state index contributed by atoms with van der Waals surface area (Å²) in [4.78, 5) is 12.2. The summed E-state index contributed by atoms with van der Waals surface area (Å²) in [5.74, 6) is 0.736. The molecule has 0 bridgehead atoms. The van der Waals surface area contributed by atoms with Crippen molar-refractivity contribution in [3.63, 3.8) is 0 Å². The summed E-state index contributed by atoms with van der Waals surface area (Å²) in [5.41, 5.74) is 2.27. The molecule has 0 aliphatic heterocycles. The molecule has 1 atom stereocenters. The summed E-state index contributed by atoms with van der Waals surface area (Å²) in [6.45, 7) is 7.10. The van der Waals surface area contributed by atoms with Gasteiger partial charge in [-0.1, -0.05) is 54.0 Å². The van der Waals surface area contributed by atoms with Crippen molar-refractivity contribution in [2.24, 2.45) is 5.92 Å². The van der Waals surface area contributed by atoms with Gasteiger partial charge in [0.1, 0.15) is 0 Å². The summed E-state index contributed by atoms with van der Waals surface area (Å²) in [7, 11) is 0. The molecular weight excluding hydrogens is 290 g/mol. The van der Waals surface area contributed by atoms with Gasteiger partial charge in [0.15, 0.2) is 0 Å². The van der Waals surface area contributed by atoms with E-state index in [-0.39, 0.29) is 5.91 Å². The second-order valence-electron chi connectivity index (χ2n) is 5.13. The van der Waals surface area contributed by atoms with Crippen LogP contribution in [0.1, 0.15) is 31.4 Å². The van der Waals surface area contributed by atoms with Crippen molar-refractivity contribution in [1.29, 1.82) is 0 Å². The van der Waals surface area contributed by atoms with Gasteiger partial charge in [0.05, 0.1) is 6.42 Å². The van der Waals surface area contributed by atoms with Gasteiger partial charge < -0.3 is 5.32 Å². The van der Waals surface area contributed by atoms with E-state index >= 15 is 0 Å². The summed E-state index contributed by atoms with van der Waals surface area (Å²) >= 11 is 3.59. The van der Waals surface area contributed by atoms with Crippen LogP contribution >= 0.6 is 15.9 Å². The molecule has 100 valence electrons. The van der Waals surface area contributed by atoms with Crippen LogP contribution in [0.3, 0.4) is 0 Å². The van der Waals surface area contributed by atoms with Crippen molar-refractivity contribution in [3.05, 3.63) is 35.4 Å². The third-order valence-electron chi connectivity index (χ3n) is 2.86. The van der Waals surface area contributed by atoms with E-state index in [9.17, 15) is 4.79 Å². The molecule has 3 heteroatoms. The molecule has 0 aromatic heterocycles. The fraction of sp³-hybridized carbons (Fsp3) is 0.533. The minimum atomic E-state index is 0.0949. The topological polar surface area (TPSA) is 29.1 Å². The Hall–Kier alpha value is -0.830. The standard InChI is InChI=1S/C15H22BrNO/c1-11(2)8-14(16)10-17-15(18)9-13-7-5-4-6-12(13)3/h4-7,11,14H,8-10H2,1-3H3,(H,17,18). The molecule has 0 saturated heterocycles. The highest BCUT2D eigenvalue weighted by atomic mass is 79.9. The zero-order valence-corrected chi connectivity index (χ0v) is 13.0. The zero-order chi connectivity index (χ0) is 13.5. The molecule has 0 radical (unpaired) electrons. The first-order chi connectivity index (χ1) is 8.49. The average molecular weight is 312 g/mol. The van der Waals surface area contributed by atoms with E-state index in [1.807, 2.05) is 31.2 Å². The first-order valence-corrected chi connectivity index (χ1v) is 7.36. The number of carbonyl (C=O) groups excluding carboxylic acids is 1. The van der Waals surface area contributed by atoms with Crippen LogP contribution in [0.2, 0.25) is 0 Å². The lowest BCUT2D eigenvalue weighted by atomic mass is 10.1. The van der Waals surface area contributed by atoms with Crippen LogP contribution in [0.15, 0.2) is 24.3 Å². The molecule has 0 spiro atoms. The largest absolute Gasteiger partial charge is 0.355 e. The number of nitrogens with one attached hydrogen (secondary N) is 1. The van der Waals surface area contributed by atoms with Gasteiger partial charge >= 0.3 is 0 Å². The maximum absolute atomic E-state index is 11.8. The Morgan fingerprint density at radius 3 is 2.61 bits per heavy atom. The van der Waals surface area contributed by atoms with Crippen LogP contribution in [0.25, 0.3) is 0 Å². The van der Waals surface area contributed by atoms with E-state index in [4.69, 9.17) is 0 Å². The smallest absolute Gasteiger partial charge is 0.224 e. The fourth-order valence-corrected chi connectivity index (χ4v) is 2.77. The minimum Gasteiger partial charge on any atom is -0.355 e. The lowest BCUT2D eigenvalue weighted by molar-refractivity contribution is -0.120. The second-order valence-corrected chi connectivity index (χ2v) is 6.43. The fourth-order valence-electron chi connectivity index (χ4n) is 1.86. The van der Waals surface area contributed by atoms with Gasteiger partial charge in [-0.2, -0.15) is 0 Å². The van der Waals surface area contributed by atoms with Gasteiger partial charge in [-0.15, -0.1) is 0 Å². The maximum atomic E-state index is 11.8. The zero-order valence-electron chi connectivity index (χ0n) is 11.4. The summed E-state index contributed by atoms with van der Waals surface area (Å²) in [5, 5.41) is 2.98. The van der Waals surface area contributed by atoms with E-state index < -0.39 is 0 Å². The maximum Gasteiger partial charge on any atom is 0.224 e. The second kappa shape index (κ2) is 7.57. The summed E-state index contributed by atoms with van der Waals surface area (Å²) in [6, 6.07) is 8.01. The summed E-state index contributed by atoms with van der Waals surface area (Å²) < 4.78 is 0. The molecule has 1 rings (SSSR count). The lowest BCUT2D eigenvalue weighted by Crippen LogP contribution is -2.31. The van der Waals surface area contributed by atoms with Gasteiger partial charge in [-0.25, -0.2) is 0 Å². The number of alkyl halides is 1. The monoisotopic (exact) mass is 311 g/mol. The van der Waals surface area contributed by atoms with Crippen molar-refractivity contribution in [2.75, 3.05) is 6.54 Å². The SMILES string of the molecule is Cc1ccccc1CC(=O)NCC(Br)CC(C)C. The molecule has 1 N–H and O–H groups in total. The van der Waals surface area contributed by atoms with Crippen LogP contribution in [0, 0.1) is 12.8 Å². The van der Waals surface area contributed by atoms with Crippen molar-refractivity contribution in [3.8, 4) is 0 Å². The molecule has 0 aliphatic rings. The van der Waals surface area contributed by atoms with Gasteiger partial charge in [0.25, 0.3) is 0 Å². The predicted octanol–water partition coefficient (Wildman–Crippen LogP) is 3.46. The van der Waals surface area contributed by atoms with Crippen molar-refractivity contribution >= 4 is 21.8 Å². The Kier molecular flexibility index (Phi) is 6.41. The van der Waals surface area contributed by atoms with E-state index in [1.54, 1.807) is 0 Å². The van der Waals surface area contributed by atoms with Crippen molar-refractivity contribution in [2.45, 2.75) is 38.4 Å². The highest BCUT2D eigenvalue weighted by molar-refractivity contribution is 9.09. The predicted molar refractivity (Wildman–Crippen MR) is 80.1 cm³/mol. The van der Waals surface area contributed by atoms with Crippen LogP contribution in [-0.2, 0) is 11.2 Å². The van der Waals surface area contributed by atoms with E-state index in [0.29, 0.717) is 23.7 Å². The molecule has 0 fully saturated rings. The first kappa shape index (κ1) is 15.2. The third kappa shape index (κ3) is 5.67. The first-order valence-electron chi connectivity index (χ1n) is 6.44. The molecule has 1 aromatic carbocycles. The van der Waals surface area contributed by atoms with Crippen LogP contribution in [0.4, 0.5) is 0 Å². The van der Waals surface area contributed by atoms with Crippen molar-refractivity contribution < 1.29 is 4.79 Å². The number of hydrogen-bond acceptors (Lipinski definition) is 1. The van der Waals surface area contributed by atoms with Crippen molar-refractivity contribution in [1.82, 2.24) is 5.32 Å². The van der Waals surface area contributed by atoms with Gasteiger partial charge in [-0.3, -0.25) is 4.79 Å². The lowest BCUT2D eigenvalue weighted by Gasteiger charge is -2.13. The molecule has 1 amide bonds. The highest BCUT2D eigenvalue weighted by Gasteiger charge is 2.10. The molecule has 1 unspecified atom stereocenters. The molecule has 1 aromatic rings. The number of benzene rings is 1. The number of aryl methyl sites for hydroxylation is 1. The minimum absolute atomic E-state index is 0.0949. The van der Waals surface area contributed by atoms with E-state index in [1.165, 1.54) is 5.56 Å². The molecule has 18 heavy (non-hydrogen) atoms. The third-order valence-corrected chi connectivity index (χ3v) is 3.56. The molecule has 0 saturated carbocycles. The molecule has 0 aliphatic carbocycles. The van der Waals surface area contributed by atoms with Gasteiger partial charge in [0.2, 0.25) is 5.91 Å². The highest BCUT2D eigenvalue weighted by Crippen LogP contribution is 2.12. The van der Waals surface area contributed by atoms with Gasteiger partial charge in [-0.05, 0) is 30.4 Å². The number of carbonyl (C=O) groups is 1. The average Bonchev–Trinajstić information content (AvgIpc) is 2.29. The summed E-state index contributed by atoms with van der Waals surface area (Å²) in [6.07, 6.45) is 1.54. The van der Waals surface area contributed by atoms with Crippen LogP contribution in [0.5, 0.6) is 0 Å². The Morgan fingerprint density at radius 2 is 2.00 bits per heavy atom. The Labute approximate surface area is 118 Å². The van der Waals surface area contributed by atoms with Gasteiger partial charge in [0, 0.05) is 11.4 Å². The van der Waals surface area contributed by atoms with Crippen LogP contribution in [-0.4, -0.2) is 17.3 Å². The Balaban J connectivity index is 2.36. The number of hydrogen-bond donors (Lipinski definition) is 1. The van der Waals surface area contributed by atoms with E-state index in [2.05, 4.69) is 35.1 Å². The number of amides is 1. The van der Waals surface area contributed by atoms with E-state index in [0.717, 1.165) is 12.0 Å². The Morgan fingerprint density at radius 1 is 1.33 bits per heavy atom.